The summed E-state index contributed by atoms with van der Waals surface area (Å²) >= 11 is 0. The number of likely N-dealkylation sites (tertiary alicyclic amines) is 1. The lowest BCUT2D eigenvalue weighted by Gasteiger charge is -2.49. The topological polar surface area (TPSA) is 45.4 Å². The molecule has 0 atom stereocenters. The summed E-state index contributed by atoms with van der Waals surface area (Å²) in [6.45, 7) is 11.9. The van der Waals surface area contributed by atoms with Gasteiger partial charge in [-0.1, -0.05) is 6.92 Å². The molecular weight excluding hydrogens is 260 g/mol. The zero-order valence-corrected chi connectivity index (χ0v) is 13.8. The van der Waals surface area contributed by atoms with Crippen LogP contribution in [-0.2, 0) is 6.54 Å². The second kappa shape index (κ2) is 7.34. The molecular formula is C17H30N4. The molecule has 118 valence electrons. The van der Waals surface area contributed by atoms with E-state index >= 15 is 0 Å². The second-order valence-corrected chi connectivity index (χ2v) is 6.43. The predicted molar refractivity (Wildman–Crippen MR) is 88.0 cm³/mol. The minimum Gasteiger partial charge on any atom is -0.329 e. The Labute approximate surface area is 129 Å². The van der Waals surface area contributed by atoms with Crippen molar-refractivity contribution < 1.29 is 0 Å². The Bertz CT molecular complexity index is 410. The van der Waals surface area contributed by atoms with E-state index in [4.69, 9.17) is 5.73 Å². The van der Waals surface area contributed by atoms with E-state index in [0.29, 0.717) is 6.04 Å². The van der Waals surface area contributed by atoms with Gasteiger partial charge in [-0.15, -0.1) is 0 Å². The van der Waals surface area contributed by atoms with E-state index in [-0.39, 0.29) is 5.54 Å². The normalized spacial score (nSPS) is 19.3. The minimum atomic E-state index is 0.156. The Morgan fingerprint density at radius 2 is 1.90 bits per heavy atom. The molecule has 1 aromatic rings. The summed E-state index contributed by atoms with van der Waals surface area (Å²) in [5, 5.41) is 0. The van der Waals surface area contributed by atoms with E-state index in [2.05, 4.69) is 47.7 Å². The molecule has 0 amide bonds. The molecule has 1 fully saturated rings. The first kappa shape index (κ1) is 16.4. The van der Waals surface area contributed by atoms with Gasteiger partial charge < -0.3 is 10.6 Å². The number of pyridine rings is 1. The highest BCUT2D eigenvalue weighted by atomic mass is 15.2. The maximum atomic E-state index is 6.22. The van der Waals surface area contributed by atoms with Gasteiger partial charge in [-0.3, -0.25) is 9.88 Å². The smallest absolute Gasteiger partial charge is 0.0359 e. The zero-order chi connectivity index (χ0) is 15.3. The quantitative estimate of drug-likeness (QED) is 0.871. The fourth-order valence-corrected chi connectivity index (χ4v) is 3.43. The molecule has 4 heteroatoms. The summed E-state index contributed by atoms with van der Waals surface area (Å²) in [6, 6.07) is 4.85. The first-order valence-electron chi connectivity index (χ1n) is 8.19. The third-order valence-electron chi connectivity index (χ3n) is 5.01. The van der Waals surface area contributed by atoms with E-state index in [1.54, 1.807) is 0 Å². The van der Waals surface area contributed by atoms with Gasteiger partial charge in [0.2, 0.25) is 0 Å². The van der Waals surface area contributed by atoms with Gasteiger partial charge in [0.15, 0.2) is 0 Å². The number of hydrogen-bond acceptors (Lipinski definition) is 4. The van der Waals surface area contributed by atoms with Crippen LogP contribution in [0.1, 0.15) is 39.2 Å². The van der Waals surface area contributed by atoms with Crippen LogP contribution < -0.4 is 5.73 Å². The van der Waals surface area contributed by atoms with Gasteiger partial charge in [0.25, 0.3) is 0 Å². The minimum absolute atomic E-state index is 0.156. The standard InChI is InChI=1S/C17H30N4/c1-4-21(13-16-5-9-19-10-6-16)17(14-18)7-11-20(12-8-17)15(2)3/h5-6,9-10,15H,4,7-8,11-14,18H2,1-3H3. The third kappa shape index (κ3) is 3.82. The van der Waals surface area contributed by atoms with Crippen molar-refractivity contribution in [3.05, 3.63) is 30.1 Å². The number of piperidine rings is 1. The third-order valence-corrected chi connectivity index (χ3v) is 5.01. The highest BCUT2D eigenvalue weighted by molar-refractivity contribution is 5.11. The first-order valence-corrected chi connectivity index (χ1v) is 8.19. The summed E-state index contributed by atoms with van der Waals surface area (Å²) in [7, 11) is 0. The van der Waals surface area contributed by atoms with Crippen molar-refractivity contribution in [2.24, 2.45) is 5.73 Å². The van der Waals surface area contributed by atoms with E-state index in [9.17, 15) is 0 Å². The number of likely N-dealkylation sites (N-methyl/N-ethyl adjacent to an activating group) is 1. The Hall–Kier alpha value is -0.970. The van der Waals surface area contributed by atoms with Crippen molar-refractivity contribution >= 4 is 0 Å². The summed E-state index contributed by atoms with van der Waals surface area (Å²) in [4.78, 5) is 9.24. The molecule has 2 heterocycles. The monoisotopic (exact) mass is 290 g/mol. The number of rotatable bonds is 6. The molecule has 2 N–H and O–H groups in total. The molecule has 1 aromatic heterocycles. The maximum Gasteiger partial charge on any atom is 0.0359 e. The molecule has 21 heavy (non-hydrogen) atoms. The SMILES string of the molecule is CCN(Cc1ccncc1)C1(CN)CCN(C(C)C)CC1. The van der Waals surface area contributed by atoms with Crippen LogP contribution >= 0.6 is 0 Å². The molecule has 0 aliphatic carbocycles. The van der Waals surface area contributed by atoms with Crippen LogP contribution in [0, 0.1) is 0 Å². The lowest BCUT2D eigenvalue weighted by molar-refractivity contribution is 0.0157. The fraction of sp³-hybridized carbons (Fsp3) is 0.706. The number of hydrogen-bond donors (Lipinski definition) is 1. The molecule has 0 aromatic carbocycles. The van der Waals surface area contributed by atoms with Gasteiger partial charge in [-0.25, -0.2) is 0 Å². The number of nitrogens with two attached hydrogens (primary N) is 1. The van der Waals surface area contributed by atoms with E-state index < -0.39 is 0 Å². The van der Waals surface area contributed by atoms with E-state index in [0.717, 1.165) is 32.7 Å². The molecule has 0 saturated carbocycles. The Morgan fingerprint density at radius 1 is 1.29 bits per heavy atom. The first-order chi connectivity index (χ1) is 10.1. The Kier molecular flexibility index (Phi) is 5.73. The van der Waals surface area contributed by atoms with Gasteiger partial charge in [0, 0.05) is 50.2 Å². The number of nitrogens with zero attached hydrogens (tertiary/aromatic N) is 3. The van der Waals surface area contributed by atoms with Crippen LogP contribution in [0.25, 0.3) is 0 Å². The molecule has 2 rings (SSSR count). The van der Waals surface area contributed by atoms with Crippen molar-refractivity contribution in [1.82, 2.24) is 14.8 Å². The summed E-state index contributed by atoms with van der Waals surface area (Å²) in [6.07, 6.45) is 6.08. The van der Waals surface area contributed by atoms with Crippen LogP contribution in [0.3, 0.4) is 0 Å². The largest absolute Gasteiger partial charge is 0.329 e. The van der Waals surface area contributed by atoms with Gasteiger partial charge in [-0.2, -0.15) is 0 Å². The van der Waals surface area contributed by atoms with Crippen LogP contribution in [0.15, 0.2) is 24.5 Å². The van der Waals surface area contributed by atoms with Crippen molar-refractivity contribution in [3.8, 4) is 0 Å². The van der Waals surface area contributed by atoms with Crippen LogP contribution in [0.4, 0.5) is 0 Å². The summed E-state index contributed by atoms with van der Waals surface area (Å²) in [5.74, 6) is 0. The van der Waals surface area contributed by atoms with Gasteiger partial charge in [0.05, 0.1) is 0 Å². The van der Waals surface area contributed by atoms with Crippen molar-refractivity contribution in [2.75, 3.05) is 26.2 Å². The van der Waals surface area contributed by atoms with Crippen LogP contribution in [-0.4, -0.2) is 52.5 Å². The molecule has 1 saturated heterocycles. The Morgan fingerprint density at radius 3 is 2.38 bits per heavy atom. The number of aromatic nitrogens is 1. The van der Waals surface area contributed by atoms with E-state index in [1.807, 2.05) is 12.4 Å². The fourth-order valence-electron chi connectivity index (χ4n) is 3.43. The van der Waals surface area contributed by atoms with E-state index in [1.165, 1.54) is 18.4 Å². The average molecular weight is 290 g/mol. The van der Waals surface area contributed by atoms with Gasteiger partial charge in [0.1, 0.15) is 0 Å². The maximum absolute atomic E-state index is 6.22. The lowest BCUT2D eigenvalue weighted by Crippen LogP contribution is -2.59. The molecule has 1 aliphatic heterocycles. The summed E-state index contributed by atoms with van der Waals surface area (Å²) < 4.78 is 0. The predicted octanol–water partition coefficient (Wildman–Crippen LogP) is 2.11. The lowest BCUT2D eigenvalue weighted by atomic mass is 9.84. The molecule has 0 bridgehead atoms. The van der Waals surface area contributed by atoms with Gasteiger partial charge in [-0.05, 0) is 50.9 Å². The highest BCUT2D eigenvalue weighted by Crippen LogP contribution is 2.30. The molecule has 0 spiro atoms. The van der Waals surface area contributed by atoms with Crippen molar-refractivity contribution in [1.29, 1.82) is 0 Å². The summed E-state index contributed by atoms with van der Waals surface area (Å²) in [5.41, 5.74) is 7.70. The van der Waals surface area contributed by atoms with Crippen LogP contribution in [0.2, 0.25) is 0 Å². The Balaban J connectivity index is 2.07. The average Bonchev–Trinajstić information content (AvgIpc) is 2.53. The highest BCUT2D eigenvalue weighted by Gasteiger charge is 2.38. The van der Waals surface area contributed by atoms with Crippen molar-refractivity contribution in [3.63, 3.8) is 0 Å². The van der Waals surface area contributed by atoms with Crippen molar-refractivity contribution in [2.45, 2.75) is 51.7 Å². The molecule has 1 aliphatic rings. The molecule has 4 nitrogen and oxygen atoms in total. The second-order valence-electron chi connectivity index (χ2n) is 6.43. The zero-order valence-electron chi connectivity index (χ0n) is 13.8. The van der Waals surface area contributed by atoms with Gasteiger partial charge >= 0.3 is 0 Å². The molecule has 0 radical (unpaired) electrons. The van der Waals surface area contributed by atoms with Crippen LogP contribution in [0.5, 0.6) is 0 Å². The molecule has 0 unspecified atom stereocenters.